The highest BCUT2D eigenvalue weighted by atomic mass is 16.5. The van der Waals surface area contributed by atoms with E-state index >= 15 is 0 Å². The van der Waals surface area contributed by atoms with Gasteiger partial charge in [-0.3, -0.25) is 4.79 Å². The second kappa shape index (κ2) is 5.04. The van der Waals surface area contributed by atoms with Crippen LogP contribution in [0.2, 0.25) is 0 Å². The van der Waals surface area contributed by atoms with Crippen LogP contribution in [0.5, 0.6) is 0 Å². The van der Waals surface area contributed by atoms with Crippen LogP contribution in [-0.2, 0) is 11.3 Å². The lowest BCUT2D eigenvalue weighted by molar-refractivity contribution is 0.0571. The molecule has 1 aromatic rings. The molecule has 0 aliphatic carbocycles. The Hall–Kier alpha value is -1.20. The quantitative estimate of drug-likeness (QED) is 0.763. The van der Waals surface area contributed by atoms with E-state index in [-0.39, 0.29) is 24.1 Å². The average molecular weight is 211 g/mol. The fourth-order valence-electron chi connectivity index (χ4n) is 1.47. The van der Waals surface area contributed by atoms with Crippen LogP contribution < -0.4 is 11.3 Å². The monoisotopic (exact) mass is 211 g/mol. The van der Waals surface area contributed by atoms with Crippen molar-refractivity contribution in [2.24, 2.45) is 11.7 Å². The number of aromatic nitrogens is 2. The summed E-state index contributed by atoms with van der Waals surface area (Å²) < 4.78 is 5.28. The lowest BCUT2D eigenvalue weighted by atomic mass is 10.1. The van der Waals surface area contributed by atoms with Gasteiger partial charge in [0.15, 0.2) is 0 Å². The molecule has 1 atom stereocenters. The van der Waals surface area contributed by atoms with E-state index in [1.165, 1.54) is 6.07 Å². The number of H-pyrrole nitrogens is 1. The number of rotatable bonds is 4. The van der Waals surface area contributed by atoms with Gasteiger partial charge in [-0.2, -0.15) is 0 Å². The van der Waals surface area contributed by atoms with Crippen molar-refractivity contribution in [2.75, 3.05) is 7.11 Å². The first-order valence-corrected chi connectivity index (χ1v) is 4.91. The van der Waals surface area contributed by atoms with Crippen molar-refractivity contribution in [2.45, 2.75) is 26.5 Å². The summed E-state index contributed by atoms with van der Waals surface area (Å²) >= 11 is 0. The summed E-state index contributed by atoms with van der Waals surface area (Å²) in [6.45, 7) is 4.26. The lowest BCUT2D eigenvalue weighted by Crippen LogP contribution is -2.20. The second-order valence-electron chi connectivity index (χ2n) is 3.73. The predicted molar refractivity (Wildman–Crippen MR) is 57.3 cm³/mol. The Bertz CT molecular complexity index is 373. The highest BCUT2D eigenvalue weighted by Crippen LogP contribution is 2.20. The maximum absolute atomic E-state index is 11.3. The molecule has 0 radical (unpaired) electrons. The van der Waals surface area contributed by atoms with Crippen molar-refractivity contribution in [3.8, 4) is 0 Å². The van der Waals surface area contributed by atoms with Gasteiger partial charge in [-0.15, -0.1) is 0 Å². The third kappa shape index (κ3) is 2.87. The van der Waals surface area contributed by atoms with Crippen molar-refractivity contribution in [1.82, 2.24) is 9.97 Å². The first-order chi connectivity index (χ1) is 7.08. The van der Waals surface area contributed by atoms with Crippen LogP contribution in [-0.4, -0.2) is 17.1 Å². The Balaban J connectivity index is 3.12. The van der Waals surface area contributed by atoms with Crippen molar-refractivity contribution in [3.63, 3.8) is 0 Å². The van der Waals surface area contributed by atoms with Gasteiger partial charge in [0.05, 0.1) is 5.69 Å². The molecule has 0 saturated carbocycles. The highest BCUT2D eigenvalue weighted by molar-refractivity contribution is 5.04. The molecule has 0 spiro atoms. The van der Waals surface area contributed by atoms with Gasteiger partial charge < -0.3 is 15.5 Å². The normalized spacial score (nSPS) is 13.1. The zero-order valence-corrected chi connectivity index (χ0v) is 9.28. The number of methoxy groups -OCH3 is 1. The van der Waals surface area contributed by atoms with Gasteiger partial charge in [0.2, 0.25) is 0 Å². The van der Waals surface area contributed by atoms with Gasteiger partial charge in [0, 0.05) is 19.7 Å². The van der Waals surface area contributed by atoms with E-state index in [0.717, 1.165) is 0 Å². The Morgan fingerprint density at radius 2 is 2.27 bits per heavy atom. The standard InChI is InChI=1S/C10H17N3O2/c1-6(2)9(15-3)10-12-7(5-11)4-8(14)13-10/h4,6,9H,5,11H2,1-3H3,(H,12,13,14). The molecule has 84 valence electrons. The fraction of sp³-hybridized carbons (Fsp3) is 0.600. The van der Waals surface area contributed by atoms with E-state index in [4.69, 9.17) is 10.5 Å². The number of nitrogens with one attached hydrogen (secondary N) is 1. The van der Waals surface area contributed by atoms with Crippen molar-refractivity contribution >= 4 is 0 Å². The Kier molecular flexibility index (Phi) is 3.99. The molecule has 0 aliphatic rings. The number of aromatic amines is 1. The Labute approximate surface area is 88.7 Å². The molecule has 0 aromatic carbocycles. The van der Waals surface area contributed by atoms with Crippen LogP contribution in [0, 0.1) is 5.92 Å². The van der Waals surface area contributed by atoms with Gasteiger partial charge in [-0.1, -0.05) is 13.8 Å². The molecule has 1 rings (SSSR count). The largest absolute Gasteiger partial charge is 0.373 e. The number of nitrogens with zero attached hydrogens (tertiary/aromatic N) is 1. The smallest absolute Gasteiger partial charge is 0.251 e. The summed E-state index contributed by atoms with van der Waals surface area (Å²) in [5.41, 5.74) is 5.84. The maximum Gasteiger partial charge on any atom is 0.251 e. The summed E-state index contributed by atoms with van der Waals surface area (Å²) in [5.74, 6) is 0.784. The topological polar surface area (TPSA) is 81.0 Å². The van der Waals surface area contributed by atoms with Crippen molar-refractivity contribution in [3.05, 3.63) is 27.9 Å². The third-order valence-corrected chi connectivity index (χ3v) is 2.15. The maximum atomic E-state index is 11.3. The molecule has 5 heteroatoms. The molecular formula is C10H17N3O2. The molecular weight excluding hydrogens is 194 g/mol. The molecule has 0 fully saturated rings. The average Bonchev–Trinajstić information content (AvgIpc) is 2.17. The lowest BCUT2D eigenvalue weighted by Gasteiger charge is -2.18. The van der Waals surface area contributed by atoms with Crippen LogP contribution in [0.4, 0.5) is 0 Å². The molecule has 0 saturated heterocycles. The zero-order chi connectivity index (χ0) is 11.4. The minimum Gasteiger partial charge on any atom is -0.373 e. The second-order valence-corrected chi connectivity index (χ2v) is 3.73. The number of nitrogens with two attached hydrogens (primary N) is 1. The van der Waals surface area contributed by atoms with E-state index in [9.17, 15) is 4.79 Å². The summed E-state index contributed by atoms with van der Waals surface area (Å²) in [5, 5.41) is 0. The van der Waals surface area contributed by atoms with Gasteiger partial charge in [-0.25, -0.2) is 4.98 Å². The van der Waals surface area contributed by atoms with Gasteiger partial charge >= 0.3 is 0 Å². The molecule has 1 heterocycles. The van der Waals surface area contributed by atoms with E-state index < -0.39 is 0 Å². The van der Waals surface area contributed by atoms with E-state index in [2.05, 4.69) is 9.97 Å². The molecule has 15 heavy (non-hydrogen) atoms. The van der Waals surface area contributed by atoms with Crippen molar-refractivity contribution in [1.29, 1.82) is 0 Å². The van der Waals surface area contributed by atoms with Crippen LogP contribution in [0.25, 0.3) is 0 Å². The first-order valence-electron chi connectivity index (χ1n) is 4.91. The number of hydrogen-bond acceptors (Lipinski definition) is 4. The van der Waals surface area contributed by atoms with E-state index in [0.29, 0.717) is 11.5 Å². The van der Waals surface area contributed by atoms with Gasteiger partial charge in [-0.05, 0) is 5.92 Å². The first kappa shape index (κ1) is 11.9. The van der Waals surface area contributed by atoms with Crippen LogP contribution >= 0.6 is 0 Å². The van der Waals surface area contributed by atoms with Crippen molar-refractivity contribution < 1.29 is 4.74 Å². The molecule has 1 aromatic heterocycles. The van der Waals surface area contributed by atoms with E-state index in [1.807, 2.05) is 13.8 Å². The summed E-state index contributed by atoms with van der Waals surface area (Å²) in [6.07, 6.45) is -0.204. The molecule has 3 N–H and O–H groups in total. The summed E-state index contributed by atoms with van der Waals surface area (Å²) in [6, 6.07) is 1.40. The minimum atomic E-state index is -0.204. The van der Waals surface area contributed by atoms with Gasteiger partial charge in [0.25, 0.3) is 5.56 Å². The molecule has 0 amide bonds. The third-order valence-electron chi connectivity index (χ3n) is 2.15. The van der Waals surface area contributed by atoms with Crippen LogP contribution in [0.3, 0.4) is 0 Å². The van der Waals surface area contributed by atoms with Crippen LogP contribution in [0.15, 0.2) is 10.9 Å². The van der Waals surface area contributed by atoms with Gasteiger partial charge in [0.1, 0.15) is 11.9 Å². The summed E-state index contributed by atoms with van der Waals surface area (Å²) in [4.78, 5) is 18.2. The fourth-order valence-corrected chi connectivity index (χ4v) is 1.47. The number of ether oxygens (including phenoxy) is 1. The van der Waals surface area contributed by atoms with E-state index in [1.54, 1.807) is 7.11 Å². The number of hydrogen-bond donors (Lipinski definition) is 2. The van der Waals surface area contributed by atoms with Crippen LogP contribution in [0.1, 0.15) is 31.5 Å². The Morgan fingerprint density at radius 3 is 2.73 bits per heavy atom. The Morgan fingerprint density at radius 1 is 1.60 bits per heavy atom. The highest BCUT2D eigenvalue weighted by Gasteiger charge is 2.17. The minimum absolute atomic E-state index is 0.192. The summed E-state index contributed by atoms with van der Waals surface area (Å²) in [7, 11) is 1.60. The molecule has 0 aliphatic heterocycles. The molecule has 5 nitrogen and oxygen atoms in total. The SMILES string of the molecule is COC(c1nc(CN)cc(=O)[nH]1)C(C)C. The predicted octanol–water partition coefficient (Wildman–Crippen LogP) is 0.572. The zero-order valence-electron chi connectivity index (χ0n) is 9.28. The molecule has 0 bridgehead atoms. The molecule has 1 unspecified atom stereocenters.